The largest absolute Gasteiger partial charge is 0.411 e. The van der Waals surface area contributed by atoms with Crippen LogP contribution in [0.2, 0.25) is 0 Å². The van der Waals surface area contributed by atoms with Gasteiger partial charge in [-0.3, -0.25) is 0 Å². The number of nitrogens with one attached hydrogen (secondary N) is 1. The van der Waals surface area contributed by atoms with Crippen LogP contribution in [-0.2, 0) is 4.74 Å². The minimum absolute atomic E-state index is 0.0260. The molecule has 1 rings (SSSR count). The van der Waals surface area contributed by atoms with Crippen LogP contribution in [0.25, 0.3) is 0 Å². The van der Waals surface area contributed by atoms with Crippen LogP contribution in [0.4, 0.5) is 13.2 Å². The highest BCUT2D eigenvalue weighted by molar-refractivity contribution is 5.20. The molecule has 120 valence electrons. The zero-order chi connectivity index (χ0) is 15.9. The standard InChI is InChI=1S/C16H24F3NO/c1-4-10-20-14(13-8-6-5-7-9-13)15(12(2)3)21-11-16(17,18)19/h5-9,12,14-15,20H,4,10-11H2,1-3H3. The molecule has 0 saturated heterocycles. The van der Waals surface area contributed by atoms with Crippen molar-refractivity contribution in [3.05, 3.63) is 35.9 Å². The van der Waals surface area contributed by atoms with E-state index in [2.05, 4.69) is 5.32 Å². The Kier molecular flexibility index (Phi) is 7.18. The van der Waals surface area contributed by atoms with Crippen LogP contribution in [0.5, 0.6) is 0 Å². The molecule has 0 fully saturated rings. The molecule has 0 aliphatic heterocycles. The lowest BCUT2D eigenvalue weighted by molar-refractivity contribution is -0.193. The maximum atomic E-state index is 12.5. The van der Waals surface area contributed by atoms with Crippen LogP contribution in [0, 0.1) is 5.92 Å². The summed E-state index contributed by atoms with van der Waals surface area (Å²) < 4.78 is 42.5. The fraction of sp³-hybridized carbons (Fsp3) is 0.625. The van der Waals surface area contributed by atoms with Gasteiger partial charge in [-0.2, -0.15) is 13.2 Å². The fourth-order valence-electron chi connectivity index (χ4n) is 2.25. The molecule has 0 aliphatic rings. The lowest BCUT2D eigenvalue weighted by Gasteiger charge is -2.32. The third-order valence-corrected chi connectivity index (χ3v) is 3.20. The first kappa shape index (κ1) is 18.0. The molecule has 0 aliphatic carbocycles. The lowest BCUT2D eigenvalue weighted by atomic mass is 9.93. The summed E-state index contributed by atoms with van der Waals surface area (Å²) in [6, 6.07) is 9.25. The van der Waals surface area contributed by atoms with Crippen molar-refractivity contribution in [2.75, 3.05) is 13.2 Å². The van der Waals surface area contributed by atoms with Gasteiger partial charge < -0.3 is 10.1 Å². The average molecular weight is 303 g/mol. The van der Waals surface area contributed by atoms with E-state index in [9.17, 15) is 13.2 Å². The Balaban J connectivity index is 2.90. The van der Waals surface area contributed by atoms with Crippen molar-refractivity contribution >= 4 is 0 Å². The number of halogens is 3. The lowest BCUT2D eigenvalue weighted by Crippen LogP contribution is -2.39. The van der Waals surface area contributed by atoms with E-state index in [-0.39, 0.29) is 12.0 Å². The van der Waals surface area contributed by atoms with Gasteiger partial charge in [0.15, 0.2) is 0 Å². The van der Waals surface area contributed by atoms with Gasteiger partial charge in [-0.1, -0.05) is 51.1 Å². The molecule has 2 nitrogen and oxygen atoms in total. The number of hydrogen-bond acceptors (Lipinski definition) is 2. The fourth-order valence-corrected chi connectivity index (χ4v) is 2.25. The molecule has 1 N–H and O–H groups in total. The van der Waals surface area contributed by atoms with Gasteiger partial charge in [0.05, 0.1) is 12.1 Å². The van der Waals surface area contributed by atoms with E-state index < -0.39 is 18.9 Å². The molecular weight excluding hydrogens is 279 g/mol. The van der Waals surface area contributed by atoms with E-state index in [1.165, 1.54) is 0 Å². The highest BCUT2D eigenvalue weighted by Crippen LogP contribution is 2.27. The first-order valence-electron chi connectivity index (χ1n) is 7.31. The molecule has 0 aromatic heterocycles. The minimum atomic E-state index is -4.31. The summed E-state index contributed by atoms with van der Waals surface area (Å²) in [5.41, 5.74) is 0.951. The summed E-state index contributed by atoms with van der Waals surface area (Å²) in [4.78, 5) is 0. The van der Waals surface area contributed by atoms with E-state index in [1.807, 2.05) is 51.1 Å². The SMILES string of the molecule is CCCNC(c1ccccc1)C(OCC(F)(F)F)C(C)C. The van der Waals surface area contributed by atoms with E-state index in [4.69, 9.17) is 4.74 Å². The molecule has 0 amide bonds. The molecule has 0 spiro atoms. The molecule has 0 saturated carbocycles. The molecule has 5 heteroatoms. The highest BCUT2D eigenvalue weighted by Gasteiger charge is 2.33. The molecule has 1 aromatic rings. The van der Waals surface area contributed by atoms with Crippen molar-refractivity contribution < 1.29 is 17.9 Å². The van der Waals surface area contributed by atoms with E-state index >= 15 is 0 Å². The summed E-state index contributed by atoms with van der Waals surface area (Å²) in [5.74, 6) is -0.0260. The Morgan fingerprint density at radius 2 is 1.76 bits per heavy atom. The minimum Gasteiger partial charge on any atom is -0.367 e. The Hall–Kier alpha value is -1.07. The third-order valence-electron chi connectivity index (χ3n) is 3.20. The second kappa shape index (κ2) is 8.39. The van der Waals surface area contributed by atoms with Gasteiger partial charge in [0.1, 0.15) is 6.61 Å². The smallest absolute Gasteiger partial charge is 0.367 e. The van der Waals surface area contributed by atoms with E-state index in [0.717, 1.165) is 18.5 Å². The van der Waals surface area contributed by atoms with E-state index in [0.29, 0.717) is 0 Å². The first-order chi connectivity index (χ1) is 9.85. The summed E-state index contributed by atoms with van der Waals surface area (Å²) >= 11 is 0. The van der Waals surface area contributed by atoms with Crippen molar-refractivity contribution in [2.24, 2.45) is 5.92 Å². The Bertz CT molecular complexity index is 392. The van der Waals surface area contributed by atoms with Gasteiger partial charge >= 0.3 is 6.18 Å². The normalized spacial score (nSPS) is 15.2. The molecule has 21 heavy (non-hydrogen) atoms. The summed E-state index contributed by atoms with van der Waals surface area (Å²) in [5, 5.41) is 3.31. The van der Waals surface area contributed by atoms with Gasteiger partial charge in [0.2, 0.25) is 0 Å². The Labute approximate surface area is 124 Å². The van der Waals surface area contributed by atoms with Crippen LogP contribution in [0.3, 0.4) is 0 Å². The second-order valence-corrected chi connectivity index (χ2v) is 5.48. The zero-order valence-electron chi connectivity index (χ0n) is 12.8. The molecular formula is C16H24F3NO. The van der Waals surface area contributed by atoms with Gasteiger partial charge in [-0.05, 0) is 24.4 Å². The monoisotopic (exact) mass is 303 g/mol. The van der Waals surface area contributed by atoms with Crippen molar-refractivity contribution in [1.29, 1.82) is 0 Å². The van der Waals surface area contributed by atoms with Gasteiger partial charge in [0, 0.05) is 0 Å². The maximum Gasteiger partial charge on any atom is 0.411 e. The van der Waals surface area contributed by atoms with Crippen LogP contribution in [-0.4, -0.2) is 25.4 Å². The number of ether oxygens (including phenoxy) is 1. The molecule has 2 unspecified atom stereocenters. The van der Waals surface area contributed by atoms with Crippen molar-refractivity contribution in [3.63, 3.8) is 0 Å². The molecule has 2 atom stereocenters. The quantitative estimate of drug-likeness (QED) is 0.772. The number of hydrogen-bond donors (Lipinski definition) is 1. The summed E-state index contributed by atoms with van der Waals surface area (Å²) in [6.07, 6.45) is -3.92. The highest BCUT2D eigenvalue weighted by atomic mass is 19.4. The number of rotatable bonds is 8. The van der Waals surface area contributed by atoms with Crippen molar-refractivity contribution in [2.45, 2.75) is 45.5 Å². The zero-order valence-corrected chi connectivity index (χ0v) is 12.8. The first-order valence-corrected chi connectivity index (χ1v) is 7.31. The van der Waals surface area contributed by atoms with Crippen molar-refractivity contribution in [1.82, 2.24) is 5.32 Å². The second-order valence-electron chi connectivity index (χ2n) is 5.48. The Morgan fingerprint density at radius 3 is 2.24 bits per heavy atom. The van der Waals surface area contributed by atoms with Gasteiger partial charge in [0.25, 0.3) is 0 Å². The molecule has 0 heterocycles. The average Bonchev–Trinajstić information content (AvgIpc) is 2.41. The van der Waals surface area contributed by atoms with Crippen molar-refractivity contribution in [3.8, 4) is 0 Å². The predicted octanol–water partition coefficient (Wildman–Crippen LogP) is 4.33. The number of alkyl halides is 3. The summed E-state index contributed by atoms with van der Waals surface area (Å²) in [6.45, 7) is 5.30. The summed E-state index contributed by atoms with van der Waals surface area (Å²) in [7, 11) is 0. The molecule has 1 aromatic carbocycles. The van der Waals surface area contributed by atoms with Gasteiger partial charge in [-0.15, -0.1) is 0 Å². The predicted molar refractivity (Wildman–Crippen MR) is 78.1 cm³/mol. The van der Waals surface area contributed by atoms with Crippen LogP contribution in [0.15, 0.2) is 30.3 Å². The molecule has 0 bridgehead atoms. The topological polar surface area (TPSA) is 21.3 Å². The molecule has 0 radical (unpaired) electrons. The van der Waals surface area contributed by atoms with Crippen LogP contribution < -0.4 is 5.32 Å². The van der Waals surface area contributed by atoms with Gasteiger partial charge in [-0.25, -0.2) is 0 Å². The third kappa shape index (κ3) is 6.48. The Morgan fingerprint density at radius 1 is 1.14 bits per heavy atom. The maximum absolute atomic E-state index is 12.5. The van der Waals surface area contributed by atoms with Crippen LogP contribution >= 0.6 is 0 Å². The van der Waals surface area contributed by atoms with Crippen LogP contribution in [0.1, 0.15) is 38.8 Å². The van der Waals surface area contributed by atoms with E-state index in [1.54, 1.807) is 0 Å². The number of benzene rings is 1.